The highest BCUT2D eigenvalue weighted by Gasteiger charge is 2.11. The highest BCUT2D eigenvalue weighted by molar-refractivity contribution is 6.31. The van der Waals surface area contributed by atoms with Gasteiger partial charge in [0.2, 0.25) is 5.95 Å². The number of rotatable bonds is 6. The minimum atomic E-state index is 0.504. The largest absolute Gasteiger partial charge is 0.369 e. The molecule has 4 heterocycles. The van der Waals surface area contributed by atoms with Crippen LogP contribution in [-0.2, 0) is 6.42 Å². The number of aromatic nitrogens is 6. The summed E-state index contributed by atoms with van der Waals surface area (Å²) in [6.45, 7) is 0.683. The van der Waals surface area contributed by atoms with Crippen molar-refractivity contribution in [3.05, 3.63) is 77.7 Å². The van der Waals surface area contributed by atoms with Gasteiger partial charge in [0.05, 0.1) is 28.3 Å². The van der Waals surface area contributed by atoms with Crippen LogP contribution in [0.2, 0.25) is 5.02 Å². The molecule has 0 radical (unpaired) electrons. The summed E-state index contributed by atoms with van der Waals surface area (Å²) in [7, 11) is 0. The Labute approximate surface area is 193 Å². The maximum absolute atomic E-state index is 6.27. The molecule has 0 aliphatic carbocycles. The van der Waals surface area contributed by atoms with Gasteiger partial charge in [0.25, 0.3) is 0 Å². The van der Waals surface area contributed by atoms with Crippen LogP contribution in [0.1, 0.15) is 5.56 Å². The van der Waals surface area contributed by atoms with E-state index in [0.29, 0.717) is 17.5 Å². The Morgan fingerprint density at radius 1 is 1.00 bits per heavy atom. The molecule has 4 N–H and O–H groups in total. The third-order valence-corrected chi connectivity index (χ3v) is 5.79. The quantitative estimate of drug-likeness (QED) is 0.267. The molecule has 33 heavy (non-hydrogen) atoms. The maximum Gasteiger partial charge on any atom is 0.229 e. The number of aromatic amines is 2. The average molecular weight is 455 g/mol. The second-order valence-corrected chi connectivity index (χ2v) is 8.18. The summed E-state index contributed by atoms with van der Waals surface area (Å²) in [6.07, 6.45) is 6.40. The first-order valence-electron chi connectivity index (χ1n) is 10.6. The third-order valence-electron chi connectivity index (χ3n) is 5.55. The molecule has 0 fully saturated rings. The number of benzene rings is 2. The predicted molar refractivity (Wildman–Crippen MR) is 132 cm³/mol. The van der Waals surface area contributed by atoms with Crippen molar-refractivity contribution in [1.29, 1.82) is 0 Å². The zero-order valence-corrected chi connectivity index (χ0v) is 18.2. The predicted octanol–water partition coefficient (Wildman–Crippen LogP) is 5.43. The van der Waals surface area contributed by atoms with Crippen molar-refractivity contribution in [2.75, 3.05) is 17.2 Å². The van der Waals surface area contributed by atoms with Gasteiger partial charge in [-0.15, -0.1) is 0 Å². The molecule has 0 atom stereocenters. The Bertz CT molecular complexity index is 1600. The zero-order valence-electron chi connectivity index (χ0n) is 17.4. The van der Waals surface area contributed by atoms with E-state index in [1.54, 1.807) is 6.20 Å². The van der Waals surface area contributed by atoms with E-state index < -0.39 is 0 Å². The summed E-state index contributed by atoms with van der Waals surface area (Å²) < 4.78 is 0. The Hall–Kier alpha value is -4.17. The lowest BCUT2D eigenvalue weighted by Crippen LogP contribution is -2.09. The van der Waals surface area contributed by atoms with Crippen LogP contribution in [0, 0.1) is 0 Å². The van der Waals surface area contributed by atoms with Crippen LogP contribution < -0.4 is 10.6 Å². The number of anilines is 3. The summed E-state index contributed by atoms with van der Waals surface area (Å²) >= 11 is 6.27. The fourth-order valence-electron chi connectivity index (χ4n) is 3.96. The molecule has 6 rings (SSSR count). The molecule has 162 valence electrons. The fraction of sp³-hybridized carbons (Fsp3) is 0.0833. The van der Waals surface area contributed by atoms with Crippen LogP contribution in [-0.4, -0.2) is 36.7 Å². The van der Waals surface area contributed by atoms with E-state index in [-0.39, 0.29) is 0 Å². The summed E-state index contributed by atoms with van der Waals surface area (Å²) in [5, 5.41) is 16.3. The van der Waals surface area contributed by atoms with E-state index in [1.807, 2.05) is 60.9 Å². The number of nitrogens with one attached hydrogen (secondary N) is 4. The third kappa shape index (κ3) is 3.81. The van der Waals surface area contributed by atoms with Crippen LogP contribution in [0.25, 0.3) is 32.8 Å². The van der Waals surface area contributed by atoms with Crippen molar-refractivity contribution in [2.45, 2.75) is 6.42 Å². The molecule has 0 amide bonds. The van der Waals surface area contributed by atoms with Gasteiger partial charge < -0.3 is 15.6 Å². The number of H-pyrrole nitrogens is 2. The van der Waals surface area contributed by atoms with Crippen molar-refractivity contribution < 1.29 is 0 Å². The van der Waals surface area contributed by atoms with E-state index in [0.717, 1.165) is 56.3 Å². The lowest BCUT2D eigenvalue weighted by atomic mass is 10.2. The van der Waals surface area contributed by atoms with Crippen LogP contribution in [0.3, 0.4) is 0 Å². The van der Waals surface area contributed by atoms with Gasteiger partial charge in [-0.3, -0.25) is 10.1 Å². The summed E-state index contributed by atoms with van der Waals surface area (Å²) in [4.78, 5) is 17.2. The molecule has 6 aromatic rings. The van der Waals surface area contributed by atoms with Gasteiger partial charge in [0.1, 0.15) is 5.82 Å². The summed E-state index contributed by atoms with van der Waals surface area (Å²) in [5.41, 5.74) is 5.84. The van der Waals surface area contributed by atoms with Crippen molar-refractivity contribution in [3.63, 3.8) is 0 Å². The van der Waals surface area contributed by atoms with Crippen LogP contribution in [0.4, 0.5) is 17.5 Å². The maximum atomic E-state index is 6.27. The van der Waals surface area contributed by atoms with Crippen molar-refractivity contribution >= 4 is 61.9 Å². The molecule has 0 unspecified atom stereocenters. The smallest absolute Gasteiger partial charge is 0.229 e. The number of hydrogen-bond acceptors (Lipinski definition) is 6. The minimum absolute atomic E-state index is 0.504. The van der Waals surface area contributed by atoms with E-state index in [1.165, 1.54) is 0 Å². The Kier molecular flexibility index (Phi) is 4.77. The second-order valence-electron chi connectivity index (χ2n) is 7.74. The van der Waals surface area contributed by atoms with Crippen LogP contribution in [0.5, 0.6) is 0 Å². The number of hydrogen-bond donors (Lipinski definition) is 4. The van der Waals surface area contributed by atoms with Crippen LogP contribution >= 0.6 is 11.6 Å². The van der Waals surface area contributed by atoms with E-state index in [2.05, 4.69) is 35.8 Å². The van der Waals surface area contributed by atoms with E-state index in [9.17, 15) is 0 Å². The fourth-order valence-corrected chi connectivity index (χ4v) is 4.13. The van der Waals surface area contributed by atoms with Gasteiger partial charge in [0, 0.05) is 40.4 Å². The first-order chi connectivity index (χ1) is 16.2. The van der Waals surface area contributed by atoms with Gasteiger partial charge in [0.15, 0.2) is 0 Å². The van der Waals surface area contributed by atoms with Gasteiger partial charge in [-0.2, -0.15) is 10.1 Å². The van der Waals surface area contributed by atoms with Crippen molar-refractivity contribution in [3.8, 4) is 0 Å². The topological polar surface area (TPSA) is 107 Å². The molecular formula is C24H19ClN8. The van der Waals surface area contributed by atoms with Crippen molar-refractivity contribution in [2.24, 2.45) is 0 Å². The molecule has 0 bridgehead atoms. The summed E-state index contributed by atoms with van der Waals surface area (Å²) in [6, 6.07) is 15.5. The number of pyridine rings is 1. The van der Waals surface area contributed by atoms with Gasteiger partial charge in [-0.25, -0.2) is 4.98 Å². The molecule has 4 aromatic heterocycles. The van der Waals surface area contributed by atoms with Gasteiger partial charge in [-0.1, -0.05) is 11.6 Å². The second kappa shape index (κ2) is 8.07. The minimum Gasteiger partial charge on any atom is -0.369 e. The Balaban J connectivity index is 1.29. The highest BCUT2D eigenvalue weighted by Crippen LogP contribution is 2.27. The van der Waals surface area contributed by atoms with Gasteiger partial charge in [-0.05, 0) is 60.5 Å². The molecule has 2 aromatic carbocycles. The molecule has 0 aliphatic rings. The van der Waals surface area contributed by atoms with Crippen molar-refractivity contribution in [1.82, 2.24) is 30.1 Å². The molecule has 9 heteroatoms. The molecule has 0 spiro atoms. The van der Waals surface area contributed by atoms with Crippen LogP contribution in [0.15, 0.2) is 67.1 Å². The molecule has 8 nitrogen and oxygen atoms in total. The molecule has 0 saturated heterocycles. The molecular weight excluding hydrogens is 436 g/mol. The monoisotopic (exact) mass is 454 g/mol. The first kappa shape index (κ1) is 19.5. The lowest BCUT2D eigenvalue weighted by molar-refractivity contribution is 1.01. The number of nitrogens with zero attached hydrogens (tertiary/aromatic N) is 4. The number of halogens is 1. The molecule has 0 aliphatic heterocycles. The lowest BCUT2D eigenvalue weighted by Gasteiger charge is -2.12. The first-order valence-corrected chi connectivity index (χ1v) is 10.9. The zero-order chi connectivity index (χ0) is 22.2. The standard InChI is InChI=1S/C24H19ClN8/c25-16-3-5-20-18(11-16)23(27-9-7-14-12-28-21-2-1-8-26-22(14)21)32-24(31-20)30-17-4-6-19-15(10-17)13-29-33-19/h1-6,8,10-13,28H,7,9H2,(H,29,33)(H2,27,30,31,32). The average Bonchev–Trinajstić information content (AvgIpc) is 3.46. The van der Waals surface area contributed by atoms with E-state index in [4.69, 9.17) is 16.6 Å². The summed E-state index contributed by atoms with van der Waals surface area (Å²) in [5.74, 6) is 1.23. The SMILES string of the molecule is Clc1ccc2nc(Nc3ccc4[nH]ncc4c3)nc(NCCc3c[nH]c4cccnc34)c2c1. The van der Waals surface area contributed by atoms with Gasteiger partial charge >= 0.3 is 0 Å². The number of fused-ring (bicyclic) bond motifs is 3. The highest BCUT2D eigenvalue weighted by atomic mass is 35.5. The normalized spacial score (nSPS) is 11.4. The van der Waals surface area contributed by atoms with E-state index >= 15 is 0 Å². The Morgan fingerprint density at radius 2 is 1.97 bits per heavy atom. The Morgan fingerprint density at radius 3 is 2.94 bits per heavy atom. The molecule has 0 saturated carbocycles.